The first-order valence-corrected chi connectivity index (χ1v) is 6.82. The lowest BCUT2D eigenvalue weighted by Gasteiger charge is -2.04. The Morgan fingerprint density at radius 2 is 1.95 bits per heavy atom. The molecule has 0 aliphatic rings. The first-order chi connectivity index (χ1) is 9.24. The average Bonchev–Trinajstić information content (AvgIpc) is 2.84. The van der Waals surface area contributed by atoms with Gasteiger partial charge in [0.05, 0.1) is 6.54 Å². The van der Waals surface area contributed by atoms with Gasteiger partial charge in [-0.1, -0.05) is 36.4 Å². The van der Waals surface area contributed by atoms with E-state index in [1.54, 1.807) is 10.8 Å². The van der Waals surface area contributed by atoms with Crippen LogP contribution in [0.25, 0.3) is 10.8 Å². The molecule has 0 aliphatic carbocycles. The molecule has 0 unspecified atom stereocenters. The Bertz CT molecular complexity index is 801. The molecule has 0 bridgehead atoms. The van der Waals surface area contributed by atoms with Crippen molar-refractivity contribution >= 4 is 27.9 Å². The molecule has 0 saturated carbocycles. The van der Waals surface area contributed by atoms with Gasteiger partial charge in [-0.2, -0.15) is 0 Å². The number of hydrogen-bond acceptors (Lipinski definition) is 3. The van der Waals surface area contributed by atoms with Gasteiger partial charge in [-0.05, 0) is 16.8 Å². The Morgan fingerprint density at radius 1 is 1.16 bits per heavy atom. The quantitative estimate of drug-likeness (QED) is 0.729. The first kappa shape index (κ1) is 11.9. The number of thiazole rings is 1. The molecule has 0 spiro atoms. The first-order valence-electron chi connectivity index (χ1n) is 5.94. The minimum Gasteiger partial charge on any atom is -0.316 e. The second kappa shape index (κ2) is 4.82. The van der Waals surface area contributed by atoms with Gasteiger partial charge in [-0.3, -0.25) is 10.2 Å². The average molecular weight is 268 g/mol. The molecule has 0 radical (unpaired) electrons. The zero-order valence-electron chi connectivity index (χ0n) is 10.2. The molecule has 0 atom stereocenters. The smallest absolute Gasteiger partial charge is 0.182 e. The molecule has 94 valence electrons. The van der Waals surface area contributed by atoms with Crippen LogP contribution in [0.2, 0.25) is 0 Å². The molecule has 3 nitrogen and oxygen atoms in total. The van der Waals surface area contributed by atoms with Gasteiger partial charge in [0, 0.05) is 17.1 Å². The van der Waals surface area contributed by atoms with Gasteiger partial charge >= 0.3 is 0 Å². The molecule has 3 aromatic rings. The van der Waals surface area contributed by atoms with Crippen LogP contribution in [0.5, 0.6) is 0 Å². The normalized spacial score (nSPS) is 10.7. The van der Waals surface area contributed by atoms with Crippen LogP contribution in [0.15, 0.2) is 54.0 Å². The topological polar surface area (TPSA) is 45.9 Å². The van der Waals surface area contributed by atoms with Crippen molar-refractivity contribution in [2.24, 2.45) is 0 Å². The van der Waals surface area contributed by atoms with E-state index in [4.69, 9.17) is 5.41 Å². The van der Waals surface area contributed by atoms with Crippen LogP contribution in [-0.4, -0.2) is 10.4 Å². The Morgan fingerprint density at radius 3 is 2.68 bits per heavy atom. The van der Waals surface area contributed by atoms with Crippen molar-refractivity contribution in [1.82, 2.24) is 4.57 Å². The largest absolute Gasteiger partial charge is 0.316 e. The van der Waals surface area contributed by atoms with E-state index in [0.29, 0.717) is 10.4 Å². The van der Waals surface area contributed by atoms with Gasteiger partial charge in [0.1, 0.15) is 0 Å². The molecule has 0 saturated heterocycles. The Kier molecular flexibility index (Phi) is 3.01. The van der Waals surface area contributed by atoms with Gasteiger partial charge in [0.2, 0.25) is 0 Å². The summed E-state index contributed by atoms with van der Waals surface area (Å²) >= 11 is 1.32. The third-order valence-electron chi connectivity index (χ3n) is 3.07. The summed E-state index contributed by atoms with van der Waals surface area (Å²) in [5.41, 5.74) is 0.691. The van der Waals surface area contributed by atoms with Crippen molar-refractivity contribution in [1.29, 1.82) is 5.41 Å². The van der Waals surface area contributed by atoms with E-state index in [2.05, 4.69) is 0 Å². The highest BCUT2D eigenvalue weighted by atomic mass is 32.1. The number of benzene rings is 2. The van der Waals surface area contributed by atoms with E-state index in [0.717, 1.165) is 10.8 Å². The van der Waals surface area contributed by atoms with Crippen LogP contribution in [0, 0.1) is 5.41 Å². The lowest BCUT2D eigenvalue weighted by molar-refractivity contribution is 0.0971. The van der Waals surface area contributed by atoms with Gasteiger partial charge < -0.3 is 4.57 Å². The number of fused-ring (bicyclic) bond motifs is 1. The maximum Gasteiger partial charge on any atom is 0.182 e. The molecule has 1 heterocycles. The van der Waals surface area contributed by atoms with E-state index in [-0.39, 0.29) is 12.3 Å². The van der Waals surface area contributed by atoms with Gasteiger partial charge in [0.25, 0.3) is 0 Å². The zero-order chi connectivity index (χ0) is 13.2. The summed E-state index contributed by atoms with van der Waals surface area (Å²) in [6.07, 6.45) is 1.77. The maximum atomic E-state index is 12.2. The predicted octanol–water partition coefficient (Wildman–Crippen LogP) is 3.07. The fourth-order valence-electron chi connectivity index (χ4n) is 2.04. The van der Waals surface area contributed by atoms with Crippen LogP contribution < -0.4 is 4.80 Å². The lowest BCUT2D eigenvalue weighted by Crippen LogP contribution is -2.18. The standard InChI is InChI=1S/C15H12N2OS/c16-15-17(7-8-19-15)10-14(18)13-6-5-11-3-1-2-4-12(11)9-13/h1-9,16H,10H2. The monoisotopic (exact) mass is 268 g/mol. The molecule has 3 rings (SSSR count). The Hall–Kier alpha value is -2.20. The highest BCUT2D eigenvalue weighted by molar-refractivity contribution is 7.06. The third-order valence-corrected chi connectivity index (χ3v) is 3.78. The van der Waals surface area contributed by atoms with E-state index < -0.39 is 0 Å². The number of carbonyl (C=O) groups excluding carboxylic acids is 1. The number of nitrogens with zero attached hydrogens (tertiary/aromatic N) is 1. The number of ketones is 1. The molecule has 4 heteroatoms. The minimum absolute atomic E-state index is 0.0302. The van der Waals surface area contributed by atoms with Crippen molar-refractivity contribution in [3.8, 4) is 0 Å². The molecule has 19 heavy (non-hydrogen) atoms. The Labute approximate surface area is 114 Å². The highest BCUT2D eigenvalue weighted by Gasteiger charge is 2.08. The summed E-state index contributed by atoms with van der Waals surface area (Å²) in [6, 6.07) is 13.7. The molecule has 1 N–H and O–H groups in total. The number of carbonyl (C=O) groups is 1. The molecule has 0 amide bonds. The van der Waals surface area contributed by atoms with E-state index in [1.807, 2.05) is 47.8 Å². The fraction of sp³-hybridized carbons (Fsp3) is 0.0667. The number of aromatic nitrogens is 1. The summed E-state index contributed by atoms with van der Waals surface area (Å²) in [5.74, 6) is 0.0302. The van der Waals surface area contributed by atoms with Gasteiger partial charge in [-0.25, -0.2) is 0 Å². The van der Waals surface area contributed by atoms with Crippen molar-refractivity contribution in [3.63, 3.8) is 0 Å². The third kappa shape index (κ3) is 2.35. The summed E-state index contributed by atoms with van der Waals surface area (Å²) < 4.78 is 1.65. The van der Waals surface area contributed by atoms with Crippen LogP contribution >= 0.6 is 11.3 Å². The second-order valence-electron chi connectivity index (χ2n) is 4.32. The molecular formula is C15H12N2OS. The minimum atomic E-state index is 0.0302. The van der Waals surface area contributed by atoms with Crippen molar-refractivity contribution in [2.45, 2.75) is 6.54 Å². The maximum absolute atomic E-state index is 12.2. The number of Topliss-reactive ketones (excluding diaryl/α,β-unsaturated/α-hetero) is 1. The van der Waals surface area contributed by atoms with Crippen LogP contribution in [0.4, 0.5) is 0 Å². The molecule has 1 aromatic heterocycles. The van der Waals surface area contributed by atoms with E-state index in [9.17, 15) is 4.79 Å². The van der Waals surface area contributed by atoms with Gasteiger partial charge in [0.15, 0.2) is 10.6 Å². The van der Waals surface area contributed by atoms with E-state index >= 15 is 0 Å². The van der Waals surface area contributed by atoms with E-state index in [1.165, 1.54) is 11.3 Å². The lowest BCUT2D eigenvalue weighted by atomic mass is 10.0. The second-order valence-corrected chi connectivity index (χ2v) is 5.22. The SMILES string of the molecule is N=c1sccn1CC(=O)c1ccc2ccccc2c1. The molecule has 0 fully saturated rings. The fourth-order valence-corrected chi connectivity index (χ4v) is 2.63. The van der Waals surface area contributed by atoms with Crippen LogP contribution in [0.1, 0.15) is 10.4 Å². The van der Waals surface area contributed by atoms with Crippen molar-refractivity contribution < 1.29 is 4.79 Å². The zero-order valence-corrected chi connectivity index (χ0v) is 11.0. The summed E-state index contributed by atoms with van der Waals surface area (Å²) in [5, 5.41) is 11.7. The predicted molar refractivity (Wildman–Crippen MR) is 76.4 cm³/mol. The van der Waals surface area contributed by atoms with Crippen molar-refractivity contribution in [3.05, 3.63) is 64.4 Å². The van der Waals surface area contributed by atoms with Crippen LogP contribution in [0.3, 0.4) is 0 Å². The highest BCUT2D eigenvalue weighted by Crippen LogP contribution is 2.16. The van der Waals surface area contributed by atoms with Crippen LogP contribution in [-0.2, 0) is 6.54 Å². The molecule has 0 aliphatic heterocycles. The number of rotatable bonds is 3. The molecular weight excluding hydrogens is 256 g/mol. The summed E-state index contributed by atoms with van der Waals surface area (Å²) in [7, 11) is 0. The number of hydrogen-bond donors (Lipinski definition) is 1. The summed E-state index contributed by atoms with van der Waals surface area (Å²) in [4.78, 5) is 12.6. The van der Waals surface area contributed by atoms with Gasteiger partial charge in [-0.15, -0.1) is 11.3 Å². The number of nitrogens with one attached hydrogen (secondary N) is 1. The Balaban J connectivity index is 1.93. The summed E-state index contributed by atoms with van der Waals surface area (Å²) in [6.45, 7) is 0.223. The van der Waals surface area contributed by atoms with Crippen molar-refractivity contribution in [2.75, 3.05) is 0 Å². The molecule has 2 aromatic carbocycles.